The van der Waals surface area contributed by atoms with Crippen molar-refractivity contribution in [2.45, 2.75) is 64.0 Å². The van der Waals surface area contributed by atoms with Crippen molar-refractivity contribution in [2.75, 3.05) is 20.3 Å². The van der Waals surface area contributed by atoms with E-state index in [4.69, 9.17) is 21.1 Å². The van der Waals surface area contributed by atoms with E-state index < -0.39 is 66.1 Å². The van der Waals surface area contributed by atoms with Crippen LogP contribution in [0, 0.1) is 5.82 Å². The minimum absolute atomic E-state index is 0.0387. The fourth-order valence-electron chi connectivity index (χ4n) is 4.30. The van der Waals surface area contributed by atoms with E-state index in [0.29, 0.717) is 0 Å². The first-order valence-corrected chi connectivity index (χ1v) is 14.6. The normalized spacial score (nSPS) is 13.0. The maximum absolute atomic E-state index is 14.6. The van der Waals surface area contributed by atoms with E-state index in [2.05, 4.69) is 20.4 Å². The van der Waals surface area contributed by atoms with Gasteiger partial charge in [-0.05, 0) is 88.7 Å². The van der Waals surface area contributed by atoms with Gasteiger partial charge in [-0.25, -0.2) is 9.18 Å². The molecule has 0 saturated carbocycles. The molecule has 1 unspecified atom stereocenters. The van der Waals surface area contributed by atoms with Gasteiger partial charge >= 0.3 is 18.4 Å². The summed E-state index contributed by atoms with van der Waals surface area (Å²) in [6.45, 7) is 5.30. The number of nitrogens with zero attached hydrogens (tertiary/aromatic N) is 1. The van der Waals surface area contributed by atoms with E-state index in [1.807, 2.05) is 0 Å². The van der Waals surface area contributed by atoms with Crippen LogP contribution in [0.2, 0.25) is 5.02 Å². The second-order valence-corrected chi connectivity index (χ2v) is 12.5. The van der Waals surface area contributed by atoms with Crippen molar-refractivity contribution in [3.8, 4) is 22.8 Å². The summed E-state index contributed by atoms with van der Waals surface area (Å²) in [7, 11) is 1.11. The fraction of sp³-hybridized carbons (Fsp3) is 0.406. The number of alkyl carbamates (subject to hydrolysis) is 1. The molecule has 3 aromatic rings. The Morgan fingerprint density at radius 3 is 2.15 bits per heavy atom. The number of hydrogen-bond acceptors (Lipinski definition) is 6. The van der Waals surface area contributed by atoms with Gasteiger partial charge in [0.1, 0.15) is 17.3 Å². The number of aromatic nitrogens is 1. The van der Waals surface area contributed by atoms with E-state index in [0.717, 1.165) is 37.4 Å². The van der Waals surface area contributed by atoms with Crippen molar-refractivity contribution >= 4 is 23.6 Å². The van der Waals surface area contributed by atoms with Crippen LogP contribution < -0.4 is 20.1 Å². The van der Waals surface area contributed by atoms with Gasteiger partial charge in [0.15, 0.2) is 18.1 Å². The largest absolute Gasteiger partial charge is 0.493 e. The van der Waals surface area contributed by atoms with E-state index in [1.54, 1.807) is 20.8 Å². The van der Waals surface area contributed by atoms with Gasteiger partial charge in [0.05, 0.1) is 29.1 Å². The third-order valence-corrected chi connectivity index (χ3v) is 6.92. The number of carbonyl (C=O) groups excluding carboxylic acids is 2. The van der Waals surface area contributed by atoms with Gasteiger partial charge in [0.2, 0.25) is 0 Å². The minimum atomic E-state index is -4.97. The molecule has 2 aromatic carbocycles. The number of pyridine rings is 1. The van der Waals surface area contributed by atoms with Crippen molar-refractivity contribution in [1.82, 2.24) is 15.6 Å². The summed E-state index contributed by atoms with van der Waals surface area (Å²) in [6, 6.07) is 9.09. The number of halogens is 8. The summed E-state index contributed by atoms with van der Waals surface area (Å²) < 4.78 is 110. The lowest BCUT2D eigenvalue weighted by Crippen LogP contribution is -2.44. The lowest BCUT2D eigenvalue weighted by atomic mass is 9.90. The molecule has 0 fully saturated rings. The lowest BCUT2D eigenvalue weighted by molar-refractivity contribution is -0.153. The van der Waals surface area contributed by atoms with Gasteiger partial charge < -0.3 is 24.8 Å². The smallest absolute Gasteiger partial charge is 0.422 e. The monoisotopic (exact) mass is 707 g/mol. The highest BCUT2D eigenvalue weighted by molar-refractivity contribution is 6.31. The van der Waals surface area contributed by atoms with Crippen molar-refractivity contribution in [1.29, 1.82) is 0 Å². The van der Waals surface area contributed by atoms with Crippen LogP contribution in [0.4, 0.5) is 35.5 Å². The summed E-state index contributed by atoms with van der Waals surface area (Å²) >= 11 is 5.94. The van der Waals surface area contributed by atoms with Crippen molar-refractivity contribution in [3.05, 3.63) is 76.2 Å². The van der Waals surface area contributed by atoms with Crippen LogP contribution in [-0.4, -0.2) is 55.2 Å². The first-order chi connectivity index (χ1) is 22.0. The Labute approximate surface area is 276 Å². The topological polar surface area (TPSA) is 98.8 Å². The standard InChI is InChI=1S/C32H33ClF7N3O5/c1-29(2,3)48-28(45)43-30(4,5)19-13-23(17-7-9-22(34)21(33)11-17)42-24(14-19)20(32(38,39)40)15-41-27(44)18-8-10-25(26(12-18)46-6)47-16-31(35,36)37/h7-14,20H,15-16H2,1-6H3,(H,41,44)(H,43,45). The molecule has 0 bridgehead atoms. The number of benzene rings is 2. The molecule has 0 saturated heterocycles. The number of rotatable bonds is 10. The molecule has 0 aliphatic heterocycles. The molecule has 0 radical (unpaired) electrons. The zero-order valence-corrected chi connectivity index (χ0v) is 27.4. The Morgan fingerprint density at radius 2 is 1.58 bits per heavy atom. The van der Waals surface area contributed by atoms with Gasteiger partial charge in [-0.1, -0.05) is 11.6 Å². The number of amides is 2. The maximum atomic E-state index is 14.6. The van der Waals surface area contributed by atoms with Crippen LogP contribution in [-0.2, 0) is 10.3 Å². The average Bonchev–Trinajstić information content (AvgIpc) is 2.94. The second-order valence-electron chi connectivity index (χ2n) is 12.1. The van der Waals surface area contributed by atoms with Crippen LogP contribution in [0.1, 0.15) is 62.2 Å². The number of nitrogens with one attached hydrogen (secondary N) is 2. The molecular weight excluding hydrogens is 675 g/mol. The number of ether oxygens (including phenoxy) is 3. The van der Waals surface area contributed by atoms with Gasteiger partial charge in [0, 0.05) is 17.7 Å². The fourth-order valence-corrected chi connectivity index (χ4v) is 4.48. The Morgan fingerprint density at radius 1 is 0.917 bits per heavy atom. The SMILES string of the molecule is COc1cc(C(=O)NCC(c2cc(C(C)(C)NC(=O)OC(C)(C)C)cc(-c3ccc(F)c(Cl)c3)n2)C(F)(F)F)ccc1OCC(F)(F)F. The summed E-state index contributed by atoms with van der Waals surface area (Å²) in [4.78, 5) is 29.8. The lowest BCUT2D eigenvalue weighted by Gasteiger charge is -2.30. The van der Waals surface area contributed by atoms with Crippen molar-refractivity contribution in [2.24, 2.45) is 0 Å². The van der Waals surface area contributed by atoms with Crippen LogP contribution in [0.5, 0.6) is 11.5 Å². The Bertz CT molecular complexity index is 1640. The predicted octanol–water partition coefficient (Wildman–Crippen LogP) is 8.33. The predicted molar refractivity (Wildman–Crippen MR) is 163 cm³/mol. The molecule has 262 valence electrons. The van der Waals surface area contributed by atoms with Crippen molar-refractivity contribution < 1.29 is 54.5 Å². The quantitative estimate of drug-likeness (QED) is 0.206. The highest BCUT2D eigenvalue weighted by Gasteiger charge is 2.43. The molecule has 8 nitrogen and oxygen atoms in total. The summed E-state index contributed by atoms with van der Waals surface area (Å²) in [5, 5.41) is 4.51. The van der Waals surface area contributed by atoms with Crippen LogP contribution >= 0.6 is 11.6 Å². The molecule has 16 heteroatoms. The molecule has 0 spiro atoms. The molecule has 48 heavy (non-hydrogen) atoms. The maximum Gasteiger partial charge on any atom is 0.422 e. The van der Waals surface area contributed by atoms with Crippen LogP contribution in [0.15, 0.2) is 48.5 Å². The molecule has 3 rings (SSSR count). The Hall–Kier alpha value is -4.27. The van der Waals surface area contributed by atoms with Gasteiger partial charge in [-0.2, -0.15) is 26.3 Å². The zero-order chi connectivity index (χ0) is 36.2. The molecule has 0 aliphatic carbocycles. The first kappa shape index (κ1) is 38.2. The molecule has 1 aromatic heterocycles. The Balaban J connectivity index is 2.01. The summed E-state index contributed by atoms with van der Waals surface area (Å²) in [6.07, 6.45) is -10.5. The molecular formula is C32H33ClF7N3O5. The van der Waals surface area contributed by atoms with Crippen molar-refractivity contribution in [3.63, 3.8) is 0 Å². The molecule has 0 aliphatic rings. The highest BCUT2D eigenvalue weighted by atomic mass is 35.5. The number of methoxy groups -OCH3 is 1. The van der Waals surface area contributed by atoms with Crippen LogP contribution in [0.3, 0.4) is 0 Å². The van der Waals surface area contributed by atoms with E-state index in [-0.39, 0.29) is 38.9 Å². The van der Waals surface area contributed by atoms with Gasteiger partial charge in [-0.15, -0.1) is 0 Å². The highest BCUT2D eigenvalue weighted by Crippen LogP contribution is 2.38. The number of carbonyl (C=O) groups is 2. The number of alkyl halides is 6. The number of hydrogen-bond donors (Lipinski definition) is 2. The molecule has 1 heterocycles. The van der Waals surface area contributed by atoms with Gasteiger partial charge in [-0.3, -0.25) is 9.78 Å². The first-order valence-electron chi connectivity index (χ1n) is 14.2. The van der Waals surface area contributed by atoms with E-state index in [1.165, 1.54) is 32.0 Å². The van der Waals surface area contributed by atoms with Crippen LogP contribution in [0.25, 0.3) is 11.3 Å². The minimum Gasteiger partial charge on any atom is -0.493 e. The molecule has 1 atom stereocenters. The Kier molecular flexibility index (Phi) is 11.5. The third-order valence-electron chi connectivity index (χ3n) is 6.63. The van der Waals surface area contributed by atoms with E-state index >= 15 is 0 Å². The molecule has 2 amide bonds. The second kappa shape index (κ2) is 14.5. The summed E-state index contributed by atoms with van der Waals surface area (Å²) in [5.41, 5.74) is -2.69. The summed E-state index contributed by atoms with van der Waals surface area (Å²) in [5.74, 6) is -4.76. The average molecular weight is 708 g/mol. The molecule has 2 N–H and O–H groups in total. The third kappa shape index (κ3) is 10.6. The van der Waals surface area contributed by atoms with Gasteiger partial charge in [0.25, 0.3) is 5.91 Å². The zero-order valence-electron chi connectivity index (χ0n) is 26.6. The van der Waals surface area contributed by atoms with E-state index in [9.17, 15) is 40.3 Å².